The molecule has 114 valence electrons. The van der Waals surface area contributed by atoms with Crippen LogP contribution in [0.15, 0.2) is 24.3 Å². The van der Waals surface area contributed by atoms with Crippen molar-refractivity contribution in [1.82, 2.24) is 4.90 Å². The molecular formula is C18H31NO. The molecule has 1 aliphatic rings. The van der Waals surface area contributed by atoms with Gasteiger partial charge in [-0.05, 0) is 25.7 Å². The second-order valence-electron chi connectivity index (χ2n) is 5.73. The van der Waals surface area contributed by atoms with Crippen molar-refractivity contribution in [3.63, 3.8) is 0 Å². The summed E-state index contributed by atoms with van der Waals surface area (Å²) >= 11 is 0. The van der Waals surface area contributed by atoms with Crippen LogP contribution in [0.5, 0.6) is 0 Å². The van der Waals surface area contributed by atoms with Gasteiger partial charge in [0.15, 0.2) is 0 Å². The van der Waals surface area contributed by atoms with E-state index in [1.165, 1.54) is 44.9 Å². The van der Waals surface area contributed by atoms with Gasteiger partial charge < -0.3 is 4.90 Å². The Kier molecular flexibility index (Phi) is 9.99. The van der Waals surface area contributed by atoms with Gasteiger partial charge in [0.05, 0.1) is 0 Å². The Morgan fingerprint density at radius 3 is 2.30 bits per heavy atom. The lowest BCUT2D eigenvalue weighted by Gasteiger charge is -2.11. The highest BCUT2D eigenvalue weighted by Gasteiger charge is 2.14. The maximum atomic E-state index is 11.7. The number of allylic oxidation sites excluding steroid dienone is 3. The third-order valence-corrected chi connectivity index (χ3v) is 3.88. The van der Waals surface area contributed by atoms with Crippen LogP contribution in [0, 0.1) is 0 Å². The summed E-state index contributed by atoms with van der Waals surface area (Å²) < 4.78 is 0. The van der Waals surface area contributed by atoms with Crippen LogP contribution >= 0.6 is 0 Å². The molecule has 0 spiro atoms. The second-order valence-corrected chi connectivity index (χ2v) is 5.73. The van der Waals surface area contributed by atoms with Crippen molar-refractivity contribution in [3.8, 4) is 0 Å². The summed E-state index contributed by atoms with van der Waals surface area (Å²) in [5, 5.41) is 0. The van der Waals surface area contributed by atoms with Crippen LogP contribution in [0.4, 0.5) is 0 Å². The van der Waals surface area contributed by atoms with Crippen molar-refractivity contribution in [3.05, 3.63) is 24.3 Å². The Balaban J connectivity index is 1.94. The van der Waals surface area contributed by atoms with Gasteiger partial charge in [0.2, 0.25) is 5.91 Å². The number of unbranched alkanes of at least 4 members (excludes halogenated alkanes) is 7. The minimum absolute atomic E-state index is 0.170. The average molecular weight is 277 g/mol. The number of amides is 1. The number of hydrogen-bond donors (Lipinski definition) is 0. The number of carbonyl (C=O) groups excluding carboxylic acids is 1. The van der Waals surface area contributed by atoms with E-state index in [2.05, 4.69) is 13.0 Å². The Morgan fingerprint density at radius 1 is 0.950 bits per heavy atom. The van der Waals surface area contributed by atoms with E-state index in [0.29, 0.717) is 0 Å². The maximum absolute atomic E-state index is 11.7. The van der Waals surface area contributed by atoms with Crippen LogP contribution in [0.2, 0.25) is 0 Å². The van der Waals surface area contributed by atoms with Crippen LogP contribution in [0.1, 0.15) is 71.1 Å². The van der Waals surface area contributed by atoms with Crippen molar-refractivity contribution in [2.45, 2.75) is 71.1 Å². The first-order valence-corrected chi connectivity index (χ1v) is 8.46. The molecule has 1 amide bonds. The van der Waals surface area contributed by atoms with Gasteiger partial charge in [0.1, 0.15) is 0 Å². The number of hydrogen-bond acceptors (Lipinski definition) is 1. The van der Waals surface area contributed by atoms with Gasteiger partial charge in [0.25, 0.3) is 0 Å². The summed E-state index contributed by atoms with van der Waals surface area (Å²) in [4.78, 5) is 13.6. The van der Waals surface area contributed by atoms with E-state index in [1.54, 1.807) is 6.08 Å². The average Bonchev–Trinajstić information content (AvgIpc) is 2.99. The Labute approximate surface area is 124 Å². The topological polar surface area (TPSA) is 20.3 Å². The lowest BCUT2D eigenvalue weighted by atomic mass is 10.1. The first-order chi connectivity index (χ1) is 9.84. The standard InChI is InChI=1S/C18H31NO/c1-2-3-4-5-6-7-8-9-10-11-12-15-18(20)19-16-13-14-17-19/h10-12,15H,2-9,13-14,16-17H2,1H3/b11-10-,15-12+. The smallest absolute Gasteiger partial charge is 0.246 e. The van der Waals surface area contributed by atoms with Gasteiger partial charge >= 0.3 is 0 Å². The van der Waals surface area contributed by atoms with Crippen LogP contribution in [-0.2, 0) is 4.79 Å². The number of nitrogens with zero attached hydrogens (tertiary/aromatic N) is 1. The first kappa shape index (κ1) is 17.0. The molecule has 1 saturated heterocycles. The fraction of sp³-hybridized carbons (Fsp3) is 0.722. The molecule has 0 atom stereocenters. The zero-order chi connectivity index (χ0) is 14.5. The monoisotopic (exact) mass is 277 g/mol. The molecule has 0 aromatic heterocycles. The van der Waals surface area contributed by atoms with Gasteiger partial charge in [-0.2, -0.15) is 0 Å². The normalized spacial score (nSPS) is 15.8. The predicted molar refractivity (Wildman–Crippen MR) is 86.7 cm³/mol. The van der Waals surface area contributed by atoms with E-state index in [-0.39, 0.29) is 5.91 Å². The maximum Gasteiger partial charge on any atom is 0.246 e. The number of carbonyl (C=O) groups is 1. The van der Waals surface area contributed by atoms with E-state index in [1.807, 2.05) is 17.1 Å². The van der Waals surface area contributed by atoms with Crippen molar-refractivity contribution >= 4 is 5.91 Å². The summed E-state index contributed by atoms with van der Waals surface area (Å²) in [5.74, 6) is 0.170. The molecule has 0 bridgehead atoms. The Hall–Kier alpha value is -1.05. The van der Waals surface area contributed by atoms with Crippen LogP contribution in [-0.4, -0.2) is 23.9 Å². The quantitative estimate of drug-likeness (QED) is 0.317. The highest BCUT2D eigenvalue weighted by atomic mass is 16.2. The molecular weight excluding hydrogens is 246 g/mol. The van der Waals surface area contributed by atoms with Crippen molar-refractivity contribution in [1.29, 1.82) is 0 Å². The van der Waals surface area contributed by atoms with Crippen LogP contribution < -0.4 is 0 Å². The van der Waals surface area contributed by atoms with Crippen LogP contribution in [0.25, 0.3) is 0 Å². The fourth-order valence-corrected chi connectivity index (χ4v) is 2.57. The zero-order valence-electron chi connectivity index (χ0n) is 13.2. The predicted octanol–water partition coefficient (Wildman–Crippen LogP) is 4.86. The molecule has 0 unspecified atom stereocenters. The molecule has 2 heteroatoms. The van der Waals surface area contributed by atoms with E-state index >= 15 is 0 Å². The molecule has 0 aromatic rings. The lowest BCUT2D eigenvalue weighted by molar-refractivity contribution is -0.124. The van der Waals surface area contributed by atoms with E-state index in [0.717, 1.165) is 32.4 Å². The summed E-state index contributed by atoms with van der Waals surface area (Å²) in [5.41, 5.74) is 0. The van der Waals surface area contributed by atoms with Gasteiger partial charge in [-0.1, -0.05) is 63.7 Å². The SMILES string of the molecule is CCCCCCCCC/C=C\C=C\C(=O)N1CCCC1. The van der Waals surface area contributed by atoms with Crippen molar-refractivity contribution < 1.29 is 4.79 Å². The highest BCUT2D eigenvalue weighted by Crippen LogP contribution is 2.09. The molecule has 0 N–H and O–H groups in total. The van der Waals surface area contributed by atoms with Crippen molar-refractivity contribution in [2.24, 2.45) is 0 Å². The van der Waals surface area contributed by atoms with Gasteiger partial charge in [0, 0.05) is 19.2 Å². The molecule has 1 aliphatic heterocycles. The molecule has 0 radical (unpaired) electrons. The summed E-state index contributed by atoms with van der Waals surface area (Å²) in [6.07, 6.45) is 20.7. The van der Waals surface area contributed by atoms with E-state index in [9.17, 15) is 4.79 Å². The highest BCUT2D eigenvalue weighted by molar-refractivity contribution is 5.88. The molecule has 2 nitrogen and oxygen atoms in total. The van der Waals surface area contributed by atoms with E-state index in [4.69, 9.17) is 0 Å². The van der Waals surface area contributed by atoms with E-state index < -0.39 is 0 Å². The molecule has 1 rings (SSSR count). The fourth-order valence-electron chi connectivity index (χ4n) is 2.57. The molecule has 0 aliphatic carbocycles. The van der Waals surface area contributed by atoms with Gasteiger partial charge in [-0.25, -0.2) is 0 Å². The second kappa shape index (κ2) is 11.7. The Morgan fingerprint density at radius 2 is 1.60 bits per heavy atom. The third kappa shape index (κ3) is 8.19. The number of rotatable bonds is 10. The molecule has 0 aromatic carbocycles. The third-order valence-electron chi connectivity index (χ3n) is 3.88. The first-order valence-electron chi connectivity index (χ1n) is 8.46. The zero-order valence-corrected chi connectivity index (χ0v) is 13.2. The van der Waals surface area contributed by atoms with Gasteiger partial charge in [-0.15, -0.1) is 0 Å². The van der Waals surface area contributed by atoms with Crippen molar-refractivity contribution in [2.75, 3.05) is 13.1 Å². The number of likely N-dealkylation sites (tertiary alicyclic amines) is 1. The molecule has 20 heavy (non-hydrogen) atoms. The summed E-state index contributed by atoms with van der Waals surface area (Å²) in [6.45, 7) is 4.13. The summed E-state index contributed by atoms with van der Waals surface area (Å²) in [6, 6.07) is 0. The molecule has 0 saturated carbocycles. The minimum Gasteiger partial charge on any atom is -0.339 e. The lowest BCUT2D eigenvalue weighted by Crippen LogP contribution is -2.25. The minimum atomic E-state index is 0.170. The van der Waals surface area contributed by atoms with Crippen LogP contribution in [0.3, 0.4) is 0 Å². The molecule has 1 fully saturated rings. The largest absolute Gasteiger partial charge is 0.339 e. The summed E-state index contributed by atoms with van der Waals surface area (Å²) in [7, 11) is 0. The molecule has 1 heterocycles. The Bertz CT molecular complexity index is 301. The van der Waals surface area contributed by atoms with Gasteiger partial charge in [-0.3, -0.25) is 4.79 Å².